The van der Waals surface area contributed by atoms with Gasteiger partial charge >= 0.3 is 0 Å². The van der Waals surface area contributed by atoms with E-state index in [-0.39, 0.29) is 12.5 Å². The summed E-state index contributed by atoms with van der Waals surface area (Å²) >= 11 is 0. The van der Waals surface area contributed by atoms with Crippen molar-refractivity contribution in [2.45, 2.75) is 12.8 Å². The van der Waals surface area contributed by atoms with Gasteiger partial charge in [-0.25, -0.2) is 0 Å². The number of hydrogen-bond acceptors (Lipinski definition) is 3. The summed E-state index contributed by atoms with van der Waals surface area (Å²) in [4.78, 5) is 14.4. The van der Waals surface area contributed by atoms with Crippen molar-refractivity contribution in [1.29, 1.82) is 0 Å². The maximum atomic E-state index is 12.5. The summed E-state index contributed by atoms with van der Waals surface area (Å²) in [5.74, 6) is 5.91. The van der Waals surface area contributed by atoms with Gasteiger partial charge in [0.15, 0.2) is 0 Å². The van der Waals surface area contributed by atoms with Crippen molar-refractivity contribution in [2.24, 2.45) is 5.92 Å². The van der Waals surface area contributed by atoms with E-state index in [0.717, 1.165) is 31.5 Å². The molecule has 21 heavy (non-hydrogen) atoms. The number of benzene rings is 1. The number of methoxy groups -OCH3 is 1. The molecule has 0 spiro atoms. The minimum atomic E-state index is -0.157. The lowest BCUT2D eigenvalue weighted by Crippen LogP contribution is -2.41. The van der Waals surface area contributed by atoms with Crippen molar-refractivity contribution in [1.82, 2.24) is 4.90 Å². The highest BCUT2D eigenvalue weighted by Gasteiger charge is 2.24. The van der Waals surface area contributed by atoms with Crippen LogP contribution in [0.2, 0.25) is 0 Å². The van der Waals surface area contributed by atoms with Crippen molar-refractivity contribution in [2.75, 3.05) is 33.4 Å². The number of aliphatic hydroxyl groups excluding tert-OH is 1. The molecule has 1 aromatic carbocycles. The largest absolute Gasteiger partial charge is 0.384 e. The Kier molecular flexibility index (Phi) is 5.79. The number of nitrogens with zero attached hydrogens (tertiary/aromatic N) is 1. The van der Waals surface area contributed by atoms with Crippen LogP contribution in [0.5, 0.6) is 0 Å². The van der Waals surface area contributed by atoms with Crippen molar-refractivity contribution < 1.29 is 14.6 Å². The summed E-state index contributed by atoms with van der Waals surface area (Å²) in [6, 6.07) is 7.21. The number of likely N-dealkylation sites (tertiary alicyclic amines) is 1. The molecule has 2 rings (SSSR count). The highest BCUT2D eigenvalue weighted by molar-refractivity contribution is 5.94. The summed E-state index contributed by atoms with van der Waals surface area (Å²) in [5.41, 5.74) is 1.49. The fourth-order valence-electron chi connectivity index (χ4n) is 2.64. The molecule has 1 atom stereocenters. The van der Waals surface area contributed by atoms with Crippen molar-refractivity contribution in [3.8, 4) is 11.8 Å². The van der Waals surface area contributed by atoms with E-state index in [9.17, 15) is 4.79 Å². The van der Waals surface area contributed by atoms with Crippen LogP contribution >= 0.6 is 0 Å². The van der Waals surface area contributed by atoms with Crippen LogP contribution in [-0.4, -0.2) is 49.3 Å². The van der Waals surface area contributed by atoms with Gasteiger partial charge in [0.25, 0.3) is 5.91 Å². The Labute approximate surface area is 125 Å². The number of hydrogen-bond donors (Lipinski definition) is 1. The highest BCUT2D eigenvalue weighted by atomic mass is 16.5. The normalized spacial score (nSPS) is 18.0. The van der Waals surface area contributed by atoms with E-state index < -0.39 is 0 Å². The maximum absolute atomic E-state index is 12.5. The van der Waals surface area contributed by atoms with Crippen LogP contribution in [0.15, 0.2) is 24.3 Å². The molecule has 4 nitrogen and oxygen atoms in total. The van der Waals surface area contributed by atoms with Crippen LogP contribution < -0.4 is 0 Å². The number of ether oxygens (including phenoxy) is 1. The van der Waals surface area contributed by atoms with Crippen LogP contribution in [0, 0.1) is 17.8 Å². The summed E-state index contributed by atoms with van der Waals surface area (Å²) in [5, 5.41) is 8.66. The van der Waals surface area contributed by atoms with Crippen LogP contribution in [0.4, 0.5) is 0 Å². The lowest BCUT2D eigenvalue weighted by atomic mass is 9.98. The standard InChI is InChI=1S/C17H21NO3/c1-21-13-15-4-2-10-18(12-15)17(20)16-8-6-14(7-9-16)5-3-11-19/h6-9,15,19H,2,4,10-13H2,1H3. The van der Waals surface area contributed by atoms with E-state index in [0.29, 0.717) is 18.1 Å². The van der Waals surface area contributed by atoms with Crippen molar-refractivity contribution in [3.63, 3.8) is 0 Å². The minimum Gasteiger partial charge on any atom is -0.384 e. The molecule has 1 aromatic rings. The molecule has 0 saturated carbocycles. The number of piperidine rings is 1. The fraction of sp³-hybridized carbons (Fsp3) is 0.471. The number of rotatable bonds is 3. The molecular weight excluding hydrogens is 266 g/mol. The van der Waals surface area contributed by atoms with Gasteiger partial charge in [0.05, 0.1) is 6.61 Å². The average molecular weight is 287 g/mol. The SMILES string of the molecule is COCC1CCCN(C(=O)c2ccc(C#CCO)cc2)C1. The molecule has 1 amide bonds. The smallest absolute Gasteiger partial charge is 0.253 e. The third-order valence-electron chi connectivity index (χ3n) is 3.65. The summed E-state index contributed by atoms with van der Waals surface area (Å²) in [6.07, 6.45) is 2.15. The molecule has 0 aromatic heterocycles. The van der Waals surface area contributed by atoms with Crippen LogP contribution in [0.25, 0.3) is 0 Å². The quantitative estimate of drug-likeness (QED) is 0.858. The molecule has 0 radical (unpaired) electrons. The van der Waals surface area contributed by atoms with Gasteiger partial charge in [-0.05, 0) is 43.0 Å². The van der Waals surface area contributed by atoms with E-state index in [1.54, 1.807) is 19.2 Å². The highest BCUT2D eigenvalue weighted by Crippen LogP contribution is 2.19. The summed E-state index contributed by atoms with van der Waals surface area (Å²) in [6.45, 7) is 2.12. The first kappa shape index (κ1) is 15.6. The lowest BCUT2D eigenvalue weighted by Gasteiger charge is -2.32. The van der Waals surface area contributed by atoms with E-state index in [1.165, 1.54) is 0 Å². The molecule has 0 bridgehead atoms. The topological polar surface area (TPSA) is 49.8 Å². The van der Waals surface area contributed by atoms with Crippen molar-refractivity contribution >= 4 is 5.91 Å². The molecular formula is C17H21NO3. The second-order valence-electron chi connectivity index (χ2n) is 5.25. The minimum absolute atomic E-state index is 0.0671. The Hall–Kier alpha value is -1.83. The molecule has 1 aliphatic heterocycles. The lowest BCUT2D eigenvalue weighted by molar-refractivity contribution is 0.0571. The Morgan fingerprint density at radius 2 is 2.19 bits per heavy atom. The summed E-state index contributed by atoms with van der Waals surface area (Å²) in [7, 11) is 1.70. The second kappa shape index (κ2) is 7.82. The van der Waals surface area contributed by atoms with Crippen LogP contribution in [-0.2, 0) is 4.74 Å². The molecule has 1 fully saturated rings. The molecule has 4 heteroatoms. The third-order valence-corrected chi connectivity index (χ3v) is 3.65. The van der Waals surface area contributed by atoms with Gasteiger partial charge in [-0.3, -0.25) is 4.79 Å². The average Bonchev–Trinajstić information content (AvgIpc) is 2.53. The van der Waals surface area contributed by atoms with Gasteiger partial charge < -0.3 is 14.7 Å². The first-order valence-corrected chi connectivity index (χ1v) is 7.22. The van der Waals surface area contributed by atoms with Gasteiger partial charge in [-0.15, -0.1) is 0 Å². The van der Waals surface area contributed by atoms with Gasteiger partial charge in [0, 0.05) is 31.3 Å². The van der Waals surface area contributed by atoms with E-state index in [2.05, 4.69) is 11.8 Å². The van der Waals surface area contributed by atoms with E-state index in [1.807, 2.05) is 17.0 Å². The zero-order chi connectivity index (χ0) is 15.1. The zero-order valence-corrected chi connectivity index (χ0v) is 12.3. The molecule has 1 aliphatic rings. The number of aliphatic hydroxyl groups is 1. The Balaban J connectivity index is 2.02. The molecule has 1 heterocycles. The van der Waals surface area contributed by atoms with E-state index in [4.69, 9.17) is 9.84 Å². The molecule has 1 N–H and O–H groups in total. The first-order valence-electron chi connectivity index (χ1n) is 7.22. The number of amides is 1. The Morgan fingerprint density at radius 1 is 1.43 bits per heavy atom. The first-order chi connectivity index (χ1) is 10.2. The zero-order valence-electron chi connectivity index (χ0n) is 12.3. The maximum Gasteiger partial charge on any atom is 0.253 e. The van der Waals surface area contributed by atoms with Crippen molar-refractivity contribution in [3.05, 3.63) is 35.4 Å². The van der Waals surface area contributed by atoms with Gasteiger partial charge in [-0.2, -0.15) is 0 Å². The molecule has 0 aliphatic carbocycles. The number of carbonyl (C=O) groups excluding carboxylic acids is 1. The second-order valence-corrected chi connectivity index (χ2v) is 5.25. The van der Waals surface area contributed by atoms with Gasteiger partial charge in [-0.1, -0.05) is 11.8 Å². The van der Waals surface area contributed by atoms with E-state index >= 15 is 0 Å². The van der Waals surface area contributed by atoms with Crippen LogP contribution in [0.3, 0.4) is 0 Å². The monoisotopic (exact) mass is 287 g/mol. The number of carbonyl (C=O) groups is 1. The Morgan fingerprint density at radius 3 is 2.86 bits per heavy atom. The van der Waals surface area contributed by atoms with Crippen LogP contribution in [0.1, 0.15) is 28.8 Å². The Bertz CT molecular complexity index is 525. The predicted molar refractivity (Wildman–Crippen MR) is 80.9 cm³/mol. The fourth-order valence-corrected chi connectivity index (χ4v) is 2.64. The molecule has 1 unspecified atom stereocenters. The summed E-state index contributed by atoms with van der Waals surface area (Å²) < 4.78 is 5.19. The molecule has 1 saturated heterocycles. The van der Waals surface area contributed by atoms with Gasteiger partial charge in [0.1, 0.15) is 6.61 Å². The van der Waals surface area contributed by atoms with Gasteiger partial charge in [0.2, 0.25) is 0 Å². The molecule has 112 valence electrons. The predicted octanol–water partition coefficient (Wildman–Crippen LogP) is 1.53. The third kappa shape index (κ3) is 4.32.